The number of halogens is 1. The third-order valence-electron chi connectivity index (χ3n) is 1.95. The van der Waals surface area contributed by atoms with E-state index >= 15 is 0 Å². The first-order valence-electron chi connectivity index (χ1n) is 4.18. The van der Waals surface area contributed by atoms with Crippen molar-refractivity contribution in [3.8, 4) is 5.88 Å². The van der Waals surface area contributed by atoms with Gasteiger partial charge in [0.2, 0.25) is 5.88 Å². The lowest BCUT2D eigenvalue weighted by molar-refractivity contribution is 0.169. The van der Waals surface area contributed by atoms with Gasteiger partial charge in [0.25, 0.3) is 0 Å². The molecular formula is C8H9IN4O2. The number of rotatable bonds is 2. The normalized spacial score (nSPS) is 10.7. The second-order valence-corrected chi connectivity index (χ2v) is 3.77. The molecule has 0 saturated heterocycles. The van der Waals surface area contributed by atoms with Gasteiger partial charge in [-0.1, -0.05) is 0 Å². The van der Waals surface area contributed by atoms with Crippen molar-refractivity contribution in [3.63, 3.8) is 0 Å². The van der Waals surface area contributed by atoms with Crippen LogP contribution in [0.2, 0.25) is 0 Å². The number of fused-ring (bicyclic) bond motifs is 1. The van der Waals surface area contributed by atoms with Crippen molar-refractivity contribution in [1.82, 2.24) is 19.7 Å². The molecule has 0 fully saturated rings. The molecule has 0 spiro atoms. The topological polar surface area (TPSA) is 62.1 Å². The second kappa shape index (κ2) is 3.80. The minimum Gasteiger partial charge on any atom is -0.479 e. The molecular weight excluding hydrogens is 311 g/mol. The third kappa shape index (κ3) is 1.60. The van der Waals surface area contributed by atoms with Crippen molar-refractivity contribution in [1.29, 1.82) is 0 Å². The lowest BCUT2D eigenvalue weighted by atomic mass is 10.5. The van der Waals surface area contributed by atoms with E-state index in [0.29, 0.717) is 26.7 Å². The Labute approximate surface area is 99.7 Å². The summed E-state index contributed by atoms with van der Waals surface area (Å²) in [4.78, 5) is 17.8. The first-order chi connectivity index (χ1) is 7.17. The van der Waals surface area contributed by atoms with Crippen LogP contribution in [0.4, 0.5) is 0 Å². The van der Waals surface area contributed by atoms with E-state index in [1.807, 2.05) is 29.5 Å². The van der Waals surface area contributed by atoms with Gasteiger partial charge >= 0.3 is 0 Å². The monoisotopic (exact) mass is 320 g/mol. The fourth-order valence-corrected chi connectivity index (χ4v) is 1.83. The first-order valence-corrected chi connectivity index (χ1v) is 5.26. The van der Waals surface area contributed by atoms with Crippen LogP contribution in [0.1, 0.15) is 5.82 Å². The zero-order chi connectivity index (χ0) is 11.0. The quantitative estimate of drug-likeness (QED) is 0.605. The minimum absolute atomic E-state index is 0.465. The maximum Gasteiger partial charge on any atom is 0.247 e. The molecule has 6 nitrogen and oxygen atoms in total. The van der Waals surface area contributed by atoms with Crippen LogP contribution >= 0.6 is 22.6 Å². The summed E-state index contributed by atoms with van der Waals surface area (Å²) in [5.74, 6) is 1.17. The summed E-state index contributed by atoms with van der Waals surface area (Å²) in [6.45, 7) is 1.83. The van der Waals surface area contributed by atoms with Crippen molar-refractivity contribution in [2.45, 2.75) is 6.92 Å². The molecule has 0 aliphatic carbocycles. The van der Waals surface area contributed by atoms with Gasteiger partial charge < -0.3 is 9.57 Å². The summed E-state index contributed by atoms with van der Waals surface area (Å²) in [7, 11) is 3.12. The van der Waals surface area contributed by atoms with Crippen LogP contribution in [0.3, 0.4) is 0 Å². The van der Waals surface area contributed by atoms with E-state index in [4.69, 9.17) is 9.57 Å². The maximum atomic E-state index is 5.17. The fourth-order valence-electron chi connectivity index (χ4n) is 1.38. The Morgan fingerprint density at radius 2 is 1.93 bits per heavy atom. The summed E-state index contributed by atoms with van der Waals surface area (Å²) in [6.07, 6.45) is 0. The molecule has 0 saturated carbocycles. The predicted octanol–water partition coefficient (Wildman–Crippen LogP) is 0.806. The third-order valence-corrected chi connectivity index (χ3v) is 2.43. The molecule has 2 rings (SSSR count). The zero-order valence-electron chi connectivity index (χ0n) is 8.48. The van der Waals surface area contributed by atoms with Crippen LogP contribution in [0.5, 0.6) is 5.88 Å². The highest BCUT2D eigenvalue weighted by molar-refractivity contribution is 14.1. The molecule has 0 aliphatic rings. The van der Waals surface area contributed by atoms with Gasteiger partial charge in [0.15, 0.2) is 15.0 Å². The van der Waals surface area contributed by atoms with Crippen molar-refractivity contribution in [3.05, 3.63) is 9.66 Å². The van der Waals surface area contributed by atoms with E-state index in [-0.39, 0.29) is 0 Å². The Kier molecular flexibility index (Phi) is 2.63. The van der Waals surface area contributed by atoms with Crippen LogP contribution in [-0.2, 0) is 0 Å². The van der Waals surface area contributed by atoms with Gasteiger partial charge in [-0.25, -0.2) is 9.97 Å². The number of hydrogen-bond donors (Lipinski definition) is 0. The van der Waals surface area contributed by atoms with Gasteiger partial charge in [-0.2, -0.15) is 9.71 Å². The van der Waals surface area contributed by atoms with Crippen molar-refractivity contribution >= 4 is 33.8 Å². The second-order valence-electron chi connectivity index (χ2n) is 2.81. The molecule has 2 heterocycles. The Hall–Kier alpha value is -1.12. The largest absolute Gasteiger partial charge is 0.479 e. The molecule has 7 heteroatoms. The average molecular weight is 320 g/mol. The van der Waals surface area contributed by atoms with E-state index in [2.05, 4.69) is 15.0 Å². The van der Waals surface area contributed by atoms with Crippen LogP contribution < -0.4 is 9.57 Å². The van der Waals surface area contributed by atoms with Crippen LogP contribution in [0, 0.1) is 10.8 Å². The molecule has 2 aromatic rings. The highest BCUT2D eigenvalue weighted by Gasteiger charge is 2.16. The van der Waals surface area contributed by atoms with Gasteiger partial charge in [-0.3, -0.25) is 0 Å². The Balaban J connectivity index is 2.85. The van der Waals surface area contributed by atoms with E-state index in [9.17, 15) is 0 Å². The first kappa shape index (κ1) is 10.4. The lowest BCUT2D eigenvalue weighted by Gasteiger charge is -2.05. The molecule has 0 aromatic carbocycles. The zero-order valence-corrected chi connectivity index (χ0v) is 10.6. The average Bonchev–Trinajstić information content (AvgIpc) is 2.52. The lowest BCUT2D eigenvalue weighted by Crippen LogP contribution is -2.08. The molecule has 0 aliphatic heterocycles. The highest BCUT2D eigenvalue weighted by Crippen LogP contribution is 2.22. The minimum atomic E-state index is 0.465. The van der Waals surface area contributed by atoms with Crippen LogP contribution in [0.15, 0.2) is 0 Å². The van der Waals surface area contributed by atoms with E-state index < -0.39 is 0 Å². The predicted molar refractivity (Wildman–Crippen MR) is 61.8 cm³/mol. The van der Waals surface area contributed by atoms with Crippen molar-refractivity contribution in [2.24, 2.45) is 0 Å². The molecule has 15 heavy (non-hydrogen) atoms. The smallest absolute Gasteiger partial charge is 0.247 e. The van der Waals surface area contributed by atoms with Gasteiger partial charge in [-0.05, 0) is 6.92 Å². The summed E-state index contributed by atoms with van der Waals surface area (Å²) in [6, 6.07) is 0. The number of hydrogen-bond acceptors (Lipinski definition) is 5. The number of imidazole rings is 1. The fraction of sp³-hybridized carbons (Fsp3) is 0.375. The van der Waals surface area contributed by atoms with Gasteiger partial charge in [0.1, 0.15) is 12.9 Å². The van der Waals surface area contributed by atoms with Crippen molar-refractivity contribution < 1.29 is 9.57 Å². The SMILES string of the molecule is COc1nc(I)nc2nc(C)n(OC)c12. The van der Waals surface area contributed by atoms with Gasteiger partial charge in [0, 0.05) is 22.6 Å². The highest BCUT2D eigenvalue weighted by atomic mass is 127. The maximum absolute atomic E-state index is 5.17. The van der Waals surface area contributed by atoms with Gasteiger partial charge in [-0.15, -0.1) is 0 Å². The molecule has 0 bridgehead atoms. The number of nitrogens with zero attached hydrogens (tertiary/aromatic N) is 4. The number of aromatic nitrogens is 4. The molecule has 0 N–H and O–H groups in total. The van der Waals surface area contributed by atoms with E-state index in [0.717, 1.165) is 0 Å². The summed E-state index contributed by atoms with van der Waals surface area (Å²) in [5, 5.41) is 0. The Bertz CT molecular complexity index is 511. The molecule has 0 unspecified atom stereocenters. The Morgan fingerprint density at radius 1 is 1.20 bits per heavy atom. The summed E-state index contributed by atoms with van der Waals surface area (Å²) in [5.41, 5.74) is 1.23. The number of ether oxygens (including phenoxy) is 1. The molecule has 0 atom stereocenters. The molecule has 0 radical (unpaired) electrons. The molecule has 80 valence electrons. The van der Waals surface area contributed by atoms with Crippen LogP contribution in [-0.4, -0.2) is 33.9 Å². The number of aryl methyl sites for hydroxylation is 1. The molecule has 2 aromatic heterocycles. The van der Waals surface area contributed by atoms with E-state index in [1.54, 1.807) is 19.0 Å². The van der Waals surface area contributed by atoms with Crippen LogP contribution in [0.25, 0.3) is 11.2 Å². The van der Waals surface area contributed by atoms with Gasteiger partial charge in [0.05, 0.1) is 7.11 Å². The molecule has 0 amide bonds. The van der Waals surface area contributed by atoms with E-state index in [1.165, 1.54) is 0 Å². The summed E-state index contributed by atoms with van der Waals surface area (Å²) < 4.78 is 7.31. The van der Waals surface area contributed by atoms with Crippen molar-refractivity contribution in [2.75, 3.05) is 14.2 Å². The number of methoxy groups -OCH3 is 1. The summed E-state index contributed by atoms with van der Waals surface area (Å²) >= 11 is 2.02. The standard InChI is InChI=1S/C8H9IN4O2/c1-4-10-6-5(13(4)15-3)7(14-2)12-8(9)11-6/h1-3H3. The Morgan fingerprint density at radius 3 is 2.53 bits per heavy atom.